The molecule has 0 atom stereocenters. The molecular weight excluding hydrogens is 328 g/mol. The Kier molecular flexibility index (Phi) is 4.55. The Labute approximate surface area is 140 Å². The third-order valence-corrected chi connectivity index (χ3v) is 5.27. The van der Waals surface area contributed by atoms with Crippen molar-refractivity contribution in [2.24, 2.45) is 0 Å². The zero-order valence-corrected chi connectivity index (χ0v) is 13.7. The third kappa shape index (κ3) is 3.93. The number of hydrogen-bond donors (Lipinski definition) is 3. The van der Waals surface area contributed by atoms with Crippen molar-refractivity contribution < 1.29 is 18.3 Å². The Hall–Kier alpha value is -2.38. The van der Waals surface area contributed by atoms with Crippen molar-refractivity contribution in [2.75, 3.05) is 5.32 Å². The zero-order chi connectivity index (χ0) is 17.2. The van der Waals surface area contributed by atoms with Gasteiger partial charge < -0.3 is 10.4 Å². The fourth-order valence-corrected chi connectivity index (χ4v) is 3.63. The van der Waals surface area contributed by atoms with E-state index >= 15 is 0 Å². The van der Waals surface area contributed by atoms with E-state index < -0.39 is 16.0 Å². The van der Waals surface area contributed by atoms with Crippen LogP contribution < -0.4 is 10.0 Å². The topological polar surface area (TPSA) is 95.5 Å². The maximum Gasteiger partial charge on any atom is 0.337 e. The predicted octanol–water partition coefficient (Wildman–Crippen LogP) is 2.44. The minimum atomic E-state index is -3.68. The smallest absolute Gasteiger partial charge is 0.337 e. The van der Waals surface area contributed by atoms with Crippen molar-refractivity contribution in [1.29, 1.82) is 0 Å². The number of carboxylic acids is 1. The molecule has 0 bridgehead atoms. The molecule has 1 aliphatic carbocycles. The van der Waals surface area contributed by atoms with Crippen molar-refractivity contribution in [2.45, 2.75) is 30.3 Å². The van der Waals surface area contributed by atoms with Crippen LogP contribution in [0.5, 0.6) is 0 Å². The number of anilines is 1. The summed E-state index contributed by atoms with van der Waals surface area (Å²) >= 11 is 0. The van der Waals surface area contributed by atoms with Gasteiger partial charge in [-0.1, -0.05) is 30.3 Å². The van der Waals surface area contributed by atoms with Gasteiger partial charge >= 0.3 is 5.97 Å². The van der Waals surface area contributed by atoms with Gasteiger partial charge in [-0.2, -0.15) is 0 Å². The van der Waals surface area contributed by atoms with E-state index in [0.717, 1.165) is 18.4 Å². The summed E-state index contributed by atoms with van der Waals surface area (Å²) in [5, 5.41) is 12.4. The molecule has 1 fully saturated rings. The second-order valence-electron chi connectivity index (χ2n) is 5.75. The summed E-state index contributed by atoms with van der Waals surface area (Å²) in [7, 11) is -3.68. The molecular formula is C17H18N2O4S. The highest BCUT2D eigenvalue weighted by molar-refractivity contribution is 7.89. The average Bonchev–Trinajstić information content (AvgIpc) is 3.37. The zero-order valence-electron chi connectivity index (χ0n) is 12.9. The van der Waals surface area contributed by atoms with Crippen LogP contribution in [-0.4, -0.2) is 25.5 Å². The van der Waals surface area contributed by atoms with Gasteiger partial charge in [0.2, 0.25) is 10.0 Å². The van der Waals surface area contributed by atoms with Crippen LogP contribution in [0, 0.1) is 0 Å². The first-order chi connectivity index (χ1) is 11.5. The minimum Gasteiger partial charge on any atom is -0.478 e. The van der Waals surface area contributed by atoms with Crippen molar-refractivity contribution in [3.63, 3.8) is 0 Å². The van der Waals surface area contributed by atoms with Crippen LogP contribution in [0.3, 0.4) is 0 Å². The summed E-state index contributed by atoms with van der Waals surface area (Å²) in [6.07, 6.45) is 1.64. The van der Waals surface area contributed by atoms with E-state index in [0.29, 0.717) is 12.2 Å². The highest BCUT2D eigenvalue weighted by atomic mass is 32.2. The first-order valence-corrected chi connectivity index (χ1v) is 9.11. The maximum absolute atomic E-state index is 12.2. The Morgan fingerprint density at radius 2 is 1.83 bits per heavy atom. The van der Waals surface area contributed by atoms with Crippen molar-refractivity contribution in [1.82, 2.24) is 4.72 Å². The highest BCUT2D eigenvalue weighted by Gasteiger charge is 2.28. The molecule has 0 unspecified atom stereocenters. The summed E-state index contributed by atoms with van der Waals surface area (Å²) in [5.74, 6) is -1.17. The van der Waals surface area contributed by atoms with Crippen LogP contribution in [0.2, 0.25) is 0 Å². The first kappa shape index (κ1) is 16.5. The second kappa shape index (κ2) is 6.62. The third-order valence-electron chi connectivity index (χ3n) is 3.76. The lowest BCUT2D eigenvalue weighted by molar-refractivity contribution is 0.0697. The molecule has 24 heavy (non-hydrogen) atoms. The molecule has 1 aliphatic rings. The maximum atomic E-state index is 12.2. The second-order valence-corrected chi connectivity index (χ2v) is 7.46. The number of sulfonamides is 1. The van der Waals surface area contributed by atoms with Crippen LogP contribution in [0.1, 0.15) is 28.8 Å². The van der Waals surface area contributed by atoms with E-state index in [4.69, 9.17) is 0 Å². The van der Waals surface area contributed by atoms with Gasteiger partial charge in [-0.15, -0.1) is 0 Å². The highest BCUT2D eigenvalue weighted by Crippen LogP contribution is 2.25. The summed E-state index contributed by atoms with van der Waals surface area (Å²) < 4.78 is 27.0. The lowest BCUT2D eigenvalue weighted by Crippen LogP contribution is -2.26. The number of aromatic carboxylic acids is 1. The molecule has 6 nitrogen and oxygen atoms in total. The van der Waals surface area contributed by atoms with Gasteiger partial charge in [0, 0.05) is 18.3 Å². The van der Waals surface area contributed by atoms with Crippen LogP contribution in [0.15, 0.2) is 53.4 Å². The molecule has 0 amide bonds. The number of benzene rings is 2. The summed E-state index contributed by atoms with van der Waals surface area (Å²) in [4.78, 5) is 11.5. The SMILES string of the molecule is O=C(O)c1cc(S(=O)(=O)NC2CC2)ccc1NCc1ccccc1. The fourth-order valence-electron chi connectivity index (χ4n) is 2.30. The van der Waals surface area contributed by atoms with Gasteiger partial charge in [0.25, 0.3) is 0 Å². The molecule has 0 aromatic heterocycles. The molecule has 0 heterocycles. The standard InChI is InChI=1S/C17H18N2O4S/c20-17(21)15-10-14(24(22,23)19-13-6-7-13)8-9-16(15)18-11-12-4-2-1-3-5-12/h1-5,8-10,13,18-19H,6-7,11H2,(H,20,21). The van der Waals surface area contributed by atoms with Gasteiger partial charge in [0.15, 0.2) is 0 Å². The number of nitrogens with one attached hydrogen (secondary N) is 2. The van der Waals surface area contributed by atoms with Crippen molar-refractivity contribution in [3.05, 3.63) is 59.7 Å². The molecule has 3 rings (SSSR count). The van der Waals surface area contributed by atoms with E-state index in [9.17, 15) is 18.3 Å². The Bertz CT molecular complexity index is 846. The van der Waals surface area contributed by atoms with E-state index in [2.05, 4.69) is 10.0 Å². The van der Waals surface area contributed by atoms with E-state index in [1.54, 1.807) is 0 Å². The van der Waals surface area contributed by atoms with E-state index in [-0.39, 0.29) is 16.5 Å². The summed E-state index contributed by atoms with van der Waals surface area (Å²) in [6, 6.07) is 13.6. The molecule has 7 heteroatoms. The lowest BCUT2D eigenvalue weighted by atomic mass is 10.1. The normalized spacial score (nSPS) is 14.3. The van der Waals surface area contributed by atoms with Crippen molar-refractivity contribution >= 4 is 21.7 Å². The molecule has 0 spiro atoms. The number of rotatable bonds is 7. The van der Waals surface area contributed by atoms with Crippen LogP contribution in [0.25, 0.3) is 0 Å². The van der Waals surface area contributed by atoms with Gasteiger partial charge in [-0.25, -0.2) is 17.9 Å². The van der Waals surface area contributed by atoms with E-state index in [1.165, 1.54) is 18.2 Å². The first-order valence-electron chi connectivity index (χ1n) is 7.63. The van der Waals surface area contributed by atoms with Crippen LogP contribution in [0.4, 0.5) is 5.69 Å². The van der Waals surface area contributed by atoms with E-state index in [1.807, 2.05) is 30.3 Å². The summed E-state index contributed by atoms with van der Waals surface area (Å²) in [6.45, 7) is 0.452. The molecule has 0 saturated heterocycles. The number of carboxylic acid groups (broad SMARTS) is 1. The van der Waals surface area contributed by atoms with Gasteiger partial charge in [0.1, 0.15) is 0 Å². The Balaban J connectivity index is 1.83. The average molecular weight is 346 g/mol. The summed E-state index contributed by atoms with van der Waals surface area (Å²) in [5.41, 5.74) is 1.32. The molecule has 126 valence electrons. The number of carbonyl (C=O) groups is 1. The molecule has 0 aliphatic heterocycles. The quantitative estimate of drug-likeness (QED) is 0.716. The van der Waals surface area contributed by atoms with Crippen LogP contribution in [-0.2, 0) is 16.6 Å². The molecule has 2 aromatic carbocycles. The predicted molar refractivity (Wildman–Crippen MR) is 90.5 cm³/mol. The molecule has 3 N–H and O–H groups in total. The number of hydrogen-bond acceptors (Lipinski definition) is 4. The Morgan fingerprint density at radius 1 is 1.12 bits per heavy atom. The molecule has 0 radical (unpaired) electrons. The van der Waals surface area contributed by atoms with Gasteiger partial charge in [-0.3, -0.25) is 0 Å². The van der Waals surface area contributed by atoms with Gasteiger partial charge in [-0.05, 0) is 36.6 Å². The molecule has 1 saturated carbocycles. The Morgan fingerprint density at radius 3 is 2.46 bits per heavy atom. The van der Waals surface area contributed by atoms with Crippen LogP contribution >= 0.6 is 0 Å². The van der Waals surface area contributed by atoms with Gasteiger partial charge in [0.05, 0.1) is 10.5 Å². The molecule has 2 aromatic rings. The fraction of sp³-hybridized carbons (Fsp3) is 0.235. The lowest BCUT2D eigenvalue weighted by Gasteiger charge is -2.12. The largest absolute Gasteiger partial charge is 0.478 e. The minimum absolute atomic E-state index is 0.0286. The monoisotopic (exact) mass is 346 g/mol. The van der Waals surface area contributed by atoms with Crippen molar-refractivity contribution in [3.8, 4) is 0 Å².